The largest absolute Gasteiger partial charge is 0.298 e. The number of hydrogen-bond acceptors (Lipinski definition) is 1. The standard InChI is InChI=1S/C13H7Cl2FO/c14-11-3-10(4-12(15)6-11)8-1-2-9(7-17)13(16)5-8/h1-7H. The molecule has 0 heterocycles. The molecule has 0 spiro atoms. The molecule has 0 aliphatic heterocycles. The Morgan fingerprint density at radius 2 is 1.59 bits per heavy atom. The highest BCUT2D eigenvalue weighted by Gasteiger charge is 2.06. The van der Waals surface area contributed by atoms with E-state index < -0.39 is 5.82 Å². The van der Waals surface area contributed by atoms with Crippen molar-refractivity contribution in [3.05, 3.63) is 57.8 Å². The van der Waals surface area contributed by atoms with Gasteiger partial charge in [-0.15, -0.1) is 0 Å². The Labute approximate surface area is 108 Å². The van der Waals surface area contributed by atoms with Crippen molar-refractivity contribution in [3.8, 4) is 11.1 Å². The summed E-state index contributed by atoms with van der Waals surface area (Å²) in [6, 6.07) is 9.32. The molecule has 86 valence electrons. The fourth-order valence-electron chi connectivity index (χ4n) is 1.52. The summed E-state index contributed by atoms with van der Waals surface area (Å²) >= 11 is 11.7. The number of hydrogen-bond donors (Lipinski definition) is 0. The van der Waals surface area contributed by atoms with E-state index >= 15 is 0 Å². The van der Waals surface area contributed by atoms with Crippen molar-refractivity contribution in [1.82, 2.24) is 0 Å². The van der Waals surface area contributed by atoms with Crippen LogP contribution in [0.4, 0.5) is 4.39 Å². The smallest absolute Gasteiger partial charge is 0.152 e. The van der Waals surface area contributed by atoms with Crippen LogP contribution in [0.3, 0.4) is 0 Å². The fourth-order valence-corrected chi connectivity index (χ4v) is 2.05. The topological polar surface area (TPSA) is 17.1 Å². The first-order chi connectivity index (χ1) is 8.10. The minimum atomic E-state index is -0.561. The van der Waals surface area contributed by atoms with Crippen LogP contribution in [0.25, 0.3) is 11.1 Å². The molecule has 0 radical (unpaired) electrons. The summed E-state index contributed by atoms with van der Waals surface area (Å²) in [6.45, 7) is 0. The lowest BCUT2D eigenvalue weighted by Crippen LogP contribution is -1.88. The first-order valence-electron chi connectivity index (χ1n) is 4.81. The second-order valence-corrected chi connectivity index (χ2v) is 4.39. The van der Waals surface area contributed by atoms with Gasteiger partial charge in [0.05, 0.1) is 5.56 Å². The van der Waals surface area contributed by atoms with Gasteiger partial charge in [0.25, 0.3) is 0 Å². The monoisotopic (exact) mass is 268 g/mol. The summed E-state index contributed by atoms with van der Waals surface area (Å²) in [6.07, 6.45) is 0.476. The summed E-state index contributed by atoms with van der Waals surface area (Å²) in [7, 11) is 0. The molecule has 0 fully saturated rings. The van der Waals surface area contributed by atoms with E-state index in [1.165, 1.54) is 12.1 Å². The number of carbonyl (C=O) groups is 1. The quantitative estimate of drug-likeness (QED) is 0.727. The molecule has 0 N–H and O–H groups in total. The van der Waals surface area contributed by atoms with Crippen molar-refractivity contribution in [2.24, 2.45) is 0 Å². The van der Waals surface area contributed by atoms with Crippen LogP contribution < -0.4 is 0 Å². The van der Waals surface area contributed by atoms with Gasteiger partial charge >= 0.3 is 0 Å². The number of benzene rings is 2. The van der Waals surface area contributed by atoms with Crippen LogP contribution >= 0.6 is 23.2 Å². The maximum Gasteiger partial charge on any atom is 0.152 e. The lowest BCUT2D eigenvalue weighted by Gasteiger charge is -2.04. The van der Waals surface area contributed by atoms with Gasteiger partial charge in [-0.3, -0.25) is 4.79 Å². The molecule has 0 aliphatic carbocycles. The molecule has 2 rings (SSSR count). The van der Waals surface area contributed by atoms with Crippen molar-refractivity contribution in [2.45, 2.75) is 0 Å². The molecule has 2 aromatic rings. The highest BCUT2D eigenvalue weighted by atomic mass is 35.5. The molecule has 0 unspecified atom stereocenters. The van der Waals surface area contributed by atoms with Crippen LogP contribution in [0.15, 0.2) is 36.4 Å². The average molecular weight is 269 g/mol. The van der Waals surface area contributed by atoms with Crippen molar-refractivity contribution >= 4 is 29.5 Å². The highest BCUT2D eigenvalue weighted by Crippen LogP contribution is 2.28. The van der Waals surface area contributed by atoms with Crippen molar-refractivity contribution in [3.63, 3.8) is 0 Å². The molecule has 0 amide bonds. The molecule has 0 bridgehead atoms. The summed E-state index contributed by atoms with van der Waals surface area (Å²) in [5, 5.41) is 0.958. The molecule has 17 heavy (non-hydrogen) atoms. The minimum absolute atomic E-state index is 0.0295. The van der Waals surface area contributed by atoms with Crippen LogP contribution in [0, 0.1) is 5.82 Å². The molecule has 0 aromatic heterocycles. The van der Waals surface area contributed by atoms with E-state index in [-0.39, 0.29) is 5.56 Å². The van der Waals surface area contributed by atoms with Gasteiger partial charge in [-0.1, -0.05) is 29.3 Å². The molecule has 0 aliphatic rings. The predicted octanol–water partition coefficient (Wildman–Crippen LogP) is 4.61. The highest BCUT2D eigenvalue weighted by molar-refractivity contribution is 6.35. The summed E-state index contributed by atoms with van der Waals surface area (Å²) in [5.41, 5.74) is 1.36. The van der Waals surface area contributed by atoms with Gasteiger partial charge < -0.3 is 0 Å². The van der Waals surface area contributed by atoms with Crippen molar-refractivity contribution < 1.29 is 9.18 Å². The third-order valence-corrected chi connectivity index (χ3v) is 2.76. The third kappa shape index (κ3) is 2.65. The Balaban J connectivity index is 2.53. The lowest BCUT2D eigenvalue weighted by molar-refractivity contribution is 0.112. The zero-order valence-corrected chi connectivity index (χ0v) is 10.1. The van der Waals surface area contributed by atoms with E-state index in [9.17, 15) is 9.18 Å². The lowest BCUT2D eigenvalue weighted by atomic mass is 10.0. The molecule has 0 saturated carbocycles. The van der Waals surface area contributed by atoms with Crippen LogP contribution in [-0.2, 0) is 0 Å². The van der Waals surface area contributed by atoms with Gasteiger partial charge in [0.15, 0.2) is 6.29 Å². The Hall–Kier alpha value is -1.38. The molecular weight excluding hydrogens is 262 g/mol. The number of aldehydes is 1. The molecule has 0 atom stereocenters. The van der Waals surface area contributed by atoms with Crippen molar-refractivity contribution in [1.29, 1.82) is 0 Å². The average Bonchev–Trinajstić information content (AvgIpc) is 2.27. The Bertz CT molecular complexity index is 561. The van der Waals surface area contributed by atoms with Gasteiger partial charge in [-0.05, 0) is 41.5 Å². The van der Waals surface area contributed by atoms with Gasteiger partial charge in [-0.2, -0.15) is 0 Å². The van der Waals surface area contributed by atoms with Crippen LogP contribution in [0.2, 0.25) is 10.0 Å². The maximum absolute atomic E-state index is 13.4. The normalized spacial score (nSPS) is 10.3. The van der Waals surface area contributed by atoms with E-state index in [4.69, 9.17) is 23.2 Å². The van der Waals surface area contributed by atoms with E-state index in [2.05, 4.69) is 0 Å². The summed E-state index contributed by atoms with van der Waals surface area (Å²) < 4.78 is 13.4. The van der Waals surface area contributed by atoms with Gasteiger partial charge in [0.2, 0.25) is 0 Å². The van der Waals surface area contributed by atoms with Crippen molar-refractivity contribution in [2.75, 3.05) is 0 Å². The zero-order valence-electron chi connectivity index (χ0n) is 8.58. The Kier molecular flexibility index (Phi) is 3.46. The van der Waals surface area contributed by atoms with Crippen LogP contribution in [0.1, 0.15) is 10.4 Å². The Morgan fingerprint density at radius 1 is 0.941 bits per heavy atom. The molecular formula is C13H7Cl2FO. The first-order valence-corrected chi connectivity index (χ1v) is 5.57. The second-order valence-electron chi connectivity index (χ2n) is 3.51. The van der Waals surface area contributed by atoms with E-state index in [1.807, 2.05) is 0 Å². The van der Waals surface area contributed by atoms with Gasteiger partial charge in [-0.25, -0.2) is 4.39 Å². The Morgan fingerprint density at radius 3 is 2.12 bits per heavy atom. The zero-order chi connectivity index (χ0) is 12.4. The van der Waals surface area contributed by atoms with E-state index in [1.54, 1.807) is 24.3 Å². The SMILES string of the molecule is O=Cc1ccc(-c2cc(Cl)cc(Cl)c2)cc1F. The summed E-state index contributed by atoms with van der Waals surface area (Å²) in [4.78, 5) is 10.5. The summed E-state index contributed by atoms with van der Waals surface area (Å²) in [5.74, 6) is -0.561. The molecule has 0 saturated heterocycles. The fraction of sp³-hybridized carbons (Fsp3) is 0. The van der Waals surface area contributed by atoms with E-state index in [0.29, 0.717) is 27.5 Å². The maximum atomic E-state index is 13.4. The molecule has 1 nitrogen and oxygen atoms in total. The number of halogens is 3. The first kappa shape index (κ1) is 12.1. The number of rotatable bonds is 2. The van der Waals surface area contributed by atoms with Crippen LogP contribution in [0.5, 0.6) is 0 Å². The van der Waals surface area contributed by atoms with Gasteiger partial charge in [0.1, 0.15) is 5.82 Å². The number of carbonyl (C=O) groups excluding carboxylic acids is 1. The third-order valence-electron chi connectivity index (χ3n) is 2.32. The molecule has 2 aromatic carbocycles. The second kappa shape index (κ2) is 4.86. The van der Waals surface area contributed by atoms with Crippen LogP contribution in [-0.4, -0.2) is 6.29 Å². The van der Waals surface area contributed by atoms with E-state index in [0.717, 1.165) is 0 Å². The molecule has 4 heteroatoms. The van der Waals surface area contributed by atoms with Gasteiger partial charge in [0, 0.05) is 10.0 Å². The minimum Gasteiger partial charge on any atom is -0.298 e. The predicted molar refractivity (Wildman–Crippen MR) is 67.2 cm³/mol.